The summed E-state index contributed by atoms with van der Waals surface area (Å²) >= 11 is 0. The number of anilines is 2. The molecule has 9 heteroatoms. The van der Waals surface area contributed by atoms with Gasteiger partial charge in [-0.2, -0.15) is 8.78 Å². The molecule has 5 rings (SSSR count). The number of benzene rings is 2. The van der Waals surface area contributed by atoms with Crippen LogP contribution in [-0.2, 0) is 23.5 Å². The van der Waals surface area contributed by atoms with Crippen molar-refractivity contribution >= 4 is 22.4 Å². The van der Waals surface area contributed by atoms with Crippen LogP contribution in [-0.4, -0.2) is 48.0 Å². The lowest BCUT2D eigenvalue weighted by atomic mass is 9.99. The number of nitrogens with zero attached hydrogens (tertiary/aromatic N) is 3. The molecule has 2 N–H and O–H groups in total. The van der Waals surface area contributed by atoms with E-state index in [-0.39, 0.29) is 11.7 Å². The van der Waals surface area contributed by atoms with Crippen LogP contribution in [0.3, 0.4) is 0 Å². The first kappa shape index (κ1) is 24.8. The molecule has 1 aromatic heterocycles. The number of aliphatic hydroxyl groups is 1. The molecule has 6 nitrogen and oxygen atoms in total. The minimum atomic E-state index is -3.44. The summed E-state index contributed by atoms with van der Waals surface area (Å²) < 4.78 is 48.8. The molecule has 0 spiro atoms. The molecule has 36 heavy (non-hydrogen) atoms. The monoisotopic (exact) mass is 500 g/mol. The van der Waals surface area contributed by atoms with Gasteiger partial charge in [-0.25, -0.2) is 14.4 Å². The zero-order valence-electron chi connectivity index (χ0n) is 20.7. The number of aromatic nitrogens is 2. The molecule has 192 valence electrons. The van der Waals surface area contributed by atoms with Crippen LogP contribution in [0.1, 0.15) is 53.9 Å². The lowest BCUT2D eigenvalue weighted by Gasteiger charge is -2.24. The summed E-state index contributed by atoms with van der Waals surface area (Å²) in [6.07, 6.45) is 3.28. The second-order valence-corrected chi connectivity index (χ2v) is 9.82. The summed E-state index contributed by atoms with van der Waals surface area (Å²) in [5.41, 5.74) is 3.85. The molecule has 1 unspecified atom stereocenters. The Labute approximate surface area is 208 Å². The molecule has 2 atom stereocenters. The Hall–Kier alpha value is -2.91. The molecule has 1 aliphatic carbocycles. The highest BCUT2D eigenvalue weighted by molar-refractivity contribution is 5.96. The number of nitrogens with one attached hydrogen (secondary N) is 1. The first-order valence-electron chi connectivity index (χ1n) is 12.4. The van der Waals surface area contributed by atoms with Gasteiger partial charge in [0, 0.05) is 36.8 Å². The third-order valence-corrected chi connectivity index (χ3v) is 7.22. The Morgan fingerprint density at radius 3 is 2.75 bits per heavy atom. The Morgan fingerprint density at radius 1 is 1.25 bits per heavy atom. The average Bonchev–Trinajstić information content (AvgIpc) is 3.48. The summed E-state index contributed by atoms with van der Waals surface area (Å²) in [4.78, 5) is 11.6. The van der Waals surface area contributed by atoms with Gasteiger partial charge in [0.15, 0.2) is 0 Å². The summed E-state index contributed by atoms with van der Waals surface area (Å²) in [5, 5.41) is 14.2. The van der Waals surface area contributed by atoms with Gasteiger partial charge in [0.1, 0.15) is 24.1 Å². The van der Waals surface area contributed by atoms with E-state index < -0.39 is 30.0 Å². The minimum Gasteiger partial charge on any atom is -0.391 e. The standard InChI is InChI=1S/C27H31F3N4O2/c1-15(18-6-5-9-22(24(18)28)27(29,30)14-36-3)31-26-21-12-23(34-11-10-17(35)13-34)19-7-4-8-20(19)25(21)32-16(2)33-26/h5-6,9,12,15,17,35H,4,7-8,10-11,13-14H2,1-3H3,(H,31,32,33)/t15-,17?/m1/s1. The summed E-state index contributed by atoms with van der Waals surface area (Å²) in [6.45, 7) is 4.00. The molecule has 3 aromatic rings. The van der Waals surface area contributed by atoms with Crippen molar-refractivity contribution in [3.63, 3.8) is 0 Å². The van der Waals surface area contributed by atoms with Gasteiger partial charge in [-0.15, -0.1) is 0 Å². The van der Waals surface area contributed by atoms with E-state index in [4.69, 9.17) is 4.98 Å². The number of halogens is 3. The Bertz CT molecular complexity index is 1300. The van der Waals surface area contributed by atoms with E-state index in [0.29, 0.717) is 18.2 Å². The smallest absolute Gasteiger partial charge is 0.298 e. The topological polar surface area (TPSA) is 70.5 Å². The second kappa shape index (κ2) is 9.52. The Morgan fingerprint density at radius 2 is 2.03 bits per heavy atom. The molecule has 1 fully saturated rings. The van der Waals surface area contributed by atoms with E-state index in [0.717, 1.165) is 62.0 Å². The van der Waals surface area contributed by atoms with Crippen LogP contribution in [0.5, 0.6) is 0 Å². The normalized spacial score (nSPS) is 18.6. The van der Waals surface area contributed by atoms with Gasteiger partial charge in [-0.05, 0) is 62.8 Å². The van der Waals surface area contributed by atoms with Crippen LogP contribution in [0.15, 0.2) is 24.3 Å². The Balaban J connectivity index is 1.56. The maximum atomic E-state index is 15.3. The summed E-state index contributed by atoms with van der Waals surface area (Å²) in [5.74, 6) is -3.28. The average molecular weight is 501 g/mol. The van der Waals surface area contributed by atoms with E-state index in [1.807, 2.05) is 6.92 Å². The first-order chi connectivity index (χ1) is 17.2. The SMILES string of the molecule is COCC(F)(F)c1cccc([C@@H](C)Nc2nc(C)nc3c4c(c(N5CCC(O)C5)cc23)CCC4)c1F. The van der Waals surface area contributed by atoms with Gasteiger partial charge in [0.05, 0.1) is 23.2 Å². The van der Waals surface area contributed by atoms with E-state index in [2.05, 4.69) is 26.0 Å². The first-order valence-corrected chi connectivity index (χ1v) is 12.4. The maximum Gasteiger partial charge on any atom is 0.298 e. The third-order valence-electron chi connectivity index (χ3n) is 7.22. The lowest BCUT2D eigenvalue weighted by Crippen LogP contribution is -2.23. The molecule has 1 aliphatic heterocycles. The molecular formula is C27H31F3N4O2. The number of β-amino-alcohol motifs (C(OH)–C–C–N with tert-alkyl or cyclic N) is 1. The van der Waals surface area contributed by atoms with Crippen LogP contribution < -0.4 is 10.2 Å². The molecule has 0 bridgehead atoms. The fourth-order valence-electron chi connectivity index (χ4n) is 5.52. The van der Waals surface area contributed by atoms with Crippen LogP contribution in [0.25, 0.3) is 10.9 Å². The minimum absolute atomic E-state index is 0.122. The van der Waals surface area contributed by atoms with Crippen molar-refractivity contribution in [1.82, 2.24) is 9.97 Å². The fourth-order valence-corrected chi connectivity index (χ4v) is 5.52. The summed E-state index contributed by atoms with van der Waals surface area (Å²) in [6, 6.07) is 5.46. The van der Waals surface area contributed by atoms with Crippen LogP contribution >= 0.6 is 0 Å². The fraction of sp³-hybridized carbons (Fsp3) is 0.481. The predicted molar refractivity (Wildman–Crippen MR) is 133 cm³/mol. The number of hydrogen-bond donors (Lipinski definition) is 2. The van der Waals surface area contributed by atoms with Gasteiger partial charge < -0.3 is 20.1 Å². The van der Waals surface area contributed by atoms with Gasteiger partial charge in [-0.1, -0.05) is 12.1 Å². The van der Waals surface area contributed by atoms with Gasteiger partial charge in [0.25, 0.3) is 5.92 Å². The van der Waals surface area contributed by atoms with Gasteiger partial charge in [-0.3, -0.25) is 0 Å². The van der Waals surface area contributed by atoms with Crippen LogP contribution in [0, 0.1) is 12.7 Å². The zero-order valence-corrected chi connectivity index (χ0v) is 20.7. The van der Waals surface area contributed by atoms with Gasteiger partial charge >= 0.3 is 0 Å². The number of alkyl halides is 2. The van der Waals surface area contributed by atoms with Crippen molar-refractivity contribution in [3.05, 3.63) is 58.2 Å². The third kappa shape index (κ3) is 4.39. The molecule has 0 saturated carbocycles. The molecule has 2 heterocycles. The van der Waals surface area contributed by atoms with E-state index in [1.54, 1.807) is 6.92 Å². The number of rotatable bonds is 7. The van der Waals surface area contributed by atoms with E-state index in [9.17, 15) is 13.9 Å². The second-order valence-electron chi connectivity index (χ2n) is 9.82. The highest BCUT2D eigenvalue weighted by atomic mass is 19.3. The molecular weight excluding hydrogens is 469 g/mol. The molecule has 2 aromatic carbocycles. The molecule has 1 saturated heterocycles. The molecule has 0 amide bonds. The molecule has 0 radical (unpaired) electrons. The van der Waals surface area contributed by atoms with Crippen LogP contribution in [0.4, 0.5) is 24.7 Å². The number of methoxy groups -OCH3 is 1. The largest absolute Gasteiger partial charge is 0.391 e. The van der Waals surface area contributed by atoms with Crippen molar-refractivity contribution < 1.29 is 23.0 Å². The zero-order chi connectivity index (χ0) is 25.6. The maximum absolute atomic E-state index is 15.3. The van der Waals surface area contributed by atoms with Crippen LogP contribution in [0.2, 0.25) is 0 Å². The van der Waals surface area contributed by atoms with Crippen molar-refractivity contribution in [3.8, 4) is 0 Å². The van der Waals surface area contributed by atoms with Crippen molar-refractivity contribution in [1.29, 1.82) is 0 Å². The highest BCUT2D eigenvalue weighted by Gasteiger charge is 2.36. The van der Waals surface area contributed by atoms with Crippen molar-refractivity contribution in [2.24, 2.45) is 0 Å². The lowest BCUT2D eigenvalue weighted by molar-refractivity contribution is -0.0722. The predicted octanol–water partition coefficient (Wildman–Crippen LogP) is 5.05. The highest BCUT2D eigenvalue weighted by Crippen LogP contribution is 2.41. The summed E-state index contributed by atoms with van der Waals surface area (Å²) in [7, 11) is 1.16. The van der Waals surface area contributed by atoms with Crippen molar-refractivity contribution in [2.45, 2.75) is 57.6 Å². The molecule has 2 aliphatic rings. The number of aryl methyl sites for hydroxylation is 2. The van der Waals surface area contributed by atoms with E-state index in [1.165, 1.54) is 23.3 Å². The number of hydrogen-bond acceptors (Lipinski definition) is 6. The Kier molecular flexibility index (Phi) is 6.55. The van der Waals surface area contributed by atoms with E-state index >= 15 is 4.39 Å². The number of ether oxygens (including phenoxy) is 1. The van der Waals surface area contributed by atoms with Gasteiger partial charge in [0.2, 0.25) is 0 Å². The quantitative estimate of drug-likeness (QED) is 0.473. The van der Waals surface area contributed by atoms with Crippen molar-refractivity contribution in [2.75, 3.05) is 37.0 Å². The number of fused-ring (bicyclic) bond motifs is 3. The number of aliphatic hydroxyl groups excluding tert-OH is 1.